The third-order valence-electron chi connectivity index (χ3n) is 2.52. The van der Waals surface area contributed by atoms with Crippen molar-refractivity contribution in [2.75, 3.05) is 5.32 Å². The number of hydrogen-bond donors (Lipinski definition) is 2. The third-order valence-corrected chi connectivity index (χ3v) is 3.20. The van der Waals surface area contributed by atoms with Gasteiger partial charge in [0, 0.05) is 11.9 Å². The molecule has 1 heterocycles. The molecule has 0 saturated carbocycles. The number of carbonyl (C=O) groups excluding carboxylic acids is 1. The van der Waals surface area contributed by atoms with Crippen LogP contribution in [0.2, 0.25) is 10.2 Å². The van der Waals surface area contributed by atoms with E-state index in [1.165, 1.54) is 18.3 Å². The summed E-state index contributed by atoms with van der Waals surface area (Å²) in [4.78, 5) is 15.8. The van der Waals surface area contributed by atoms with Crippen LogP contribution in [0.25, 0.3) is 0 Å². The van der Waals surface area contributed by atoms with E-state index in [0.717, 1.165) is 5.56 Å². The maximum absolute atomic E-state index is 12.0. The van der Waals surface area contributed by atoms with Crippen molar-refractivity contribution >= 4 is 34.8 Å². The van der Waals surface area contributed by atoms with E-state index < -0.39 is 0 Å². The number of nitrogens with zero attached hydrogens (tertiary/aromatic N) is 1. The summed E-state index contributed by atoms with van der Waals surface area (Å²) < 4.78 is 0. The number of carbonyl (C=O) groups is 1. The van der Waals surface area contributed by atoms with Crippen LogP contribution in [0.3, 0.4) is 0 Å². The van der Waals surface area contributed by atoms with E-state index in [-0.39, 0.29) is 21.8 Å². The Morgan fingerprint density at radius 1 is 1.32 bits per heavy atom. The molecule has 1 amide bonds. The summed E-state index contributed by atoms with van der Waals surface area (Å²) in [6.07, 6.45) is 1.35. The van der Waals surface area contributed by atoms with E-state index in [1.807, 2.05) is 0 Å². The van der Waals surface area contributed by atoms with Crippen molar-refractivity contribution in [2.45, 2.75) is 6.92 Å². The molecule has 0 fully saturated rings. The van der Waals surface area contributed by atoms with Gasteiger partial charge in [-0.3, -0.25) is 4.79 Å². The lowest BCUT2D eigenvalue weighted by Gasteiger charge is -2.09. The van der Waals surface area contributed by atoms with Gasteiger partial charge in [-0.05, 0) is 36.8 Å². The molecule has 2 rings (SSSR count). The molecule has 2 aromatic rings. The molecule has 0 aliphatic rings. The molecular formula is C13H10Cl2N2O2. The Balaban J connectivity index is 2.23. The minimum absolute atomic E-state index is 0.145. The summed E-state index contributed by atoms with van der Waals surface area (Å²) in [5.74, 6) is -0.202. The van der Waals surface area contributed by atoms with Gasteiger partial charge in [-0.15, -0.1) is 0 Å². The molecule has 1 aromatic heterocycles. The molecule has 19 heavy (non-hydrogen) atoms. The second-order valence-corrected chi connectivity index (χ2v) is 4.72. The van der Waals surface area contributed by atoms with Crippen molar-refractivity contribution in [1.82, 2.24) is 4.98 Å². The van der Waals surface area contributed by atoms with Gasteiger partial charge in [-0.2, -0.15) is 0 Å². The number of aromatic hydroxyl groups is 1. The number of phenolic OH excluding ortho intramolecular Hbond substituents is 1. The average molecular weight is 297 g/mol. The van der Waals surface area contributed by atoms with Gasteiger partial charge in [0.15, 0.2) is 0 Å². The van der Waals surface area contributed by atoms with Crippen molar-refractivity contribution in [2.24, 2.45) is 0 Å². The van der Waals surface area contributed by atoms with Gasteiger partial charge in [-0.25, -0.2) is 4.98 Å². The summed E-state index contributed by atoms with van der Waals surface area (Å²) in [5, 5.41) is 12.4. The van der Waals surface area contributed by atoms with Crippen LogP contribution in [0, 0.1) is 6.92 Å². The van der Waals surface area contributed by atoms with Crippen LogP contribution in [0.1, 0.15) is 15.9 Å². The molecule has 4 nitrogen and oxygen atoms in total. The Kier molecular flexibility index (Phi) is 3.93. The quantitative estimate of drug-likeness (QED) is 0.657. The summed E-state index contributed by atoms with van der Waals surface area (Å²) in [5.41, 5.74) is 1.66. The molecule has 0 aliphatic heterocycles. The van der Waals surface area contributed by atoms with Crippen LogP contribution < -0.4 is 5.32 Å². The maximum Gasteiger partial charge on any atom is 0.257 e. The molecule has 2 N–H and O–H groups in total. The van der Waals surface area contributed by atoms with E-state index in [4.69, 9.17) is 23.2 Å². The molecule has 0 aliphatic carbocycles. The largest absolute Gasteiger partial charge is 0.508 e. The Bertz CT molecular complexity index is 645. The SMILES string of the molecule is Cc1cc(O)ccc1NC(=O)c1cnc(Cl)c(Cl)c1. The van der Waals surface area contributed by atoms with Crippen LogP contribution in [-0.2, 0) is 0 Å². The molecule has 0 unspecified atom stereocenters. The van der Waals surface area contributed by atoms with Crippen LogP contribution in [-0.4, -0.2) is 16.0 Å². The molecular weight excluding hydrogens is 287 g/mol. The monoisotopic (exact) mass is 296 g/mol. The molecule has 0 bridgehead atoms. The number of anilines is 1. The summed E-state index contributed by atoms with van der Waals surface area (Å²) in [6.45, 7) is 1.78. The first-order chi connectivity index (χ1) is 8.97. The third kappa shape index (κ3) is 3.16. The lowest BCUT2D eigenvalue weighted by atomic mass is 10.2. The highest BCUT2D eigenvalue weighted by Crippen LogP contribution is 2.23. The summed E-state index contributed by atoms with van der Waals surface area (Å²) in [7, 11) is 0. The number of nitrogens with one attached hydrogen (secondary N) is 1. The van der Waals surface area contributed by atoms with Crippen LogP contribution in [0.5, 0.6) is 5.75 Å². The standard InChI is InChI=1S/C13H10Cl2N2O2/c1-7-4-9(18)2-3-11(7)17-13(19)8-5-10(14)12(15)16-6-8/h2-6,18H,1H3,(H,17,19). The number of hydrogen-bond acceptors (Lipinski definition) is 3. The van der Waals surface area contributed by atoms with Crippen LogP contribution >= 0.6 is 23.2 Å². The predicted octanol–water partition coefficient (Wildman–Crippen LogP) is 3.65. The van der Waals surface area contributed by atoms with Crippen molar-refractivity contribution in [3.63, 3.8) is 0 Å². The van der Waals surface area contributed by atoms with Crippen LogP contribution in [0.4, 0.5) is 5.69 Å². The van der Waals surface area contributed by atoms with E-state index >= 15 is 0 Å². The Morgan fingerprint density at radius 2 is 2.05 bits per heavy atom. The fraction of sp³-hybridized carbons (Fsp3) is 0.0769. The number of pyridine rings is 1. The van der Waals surface area contributed by atoms with E-state index in [1.54, 1.807) is 19.1 Å². The number of rotatable bonds is 2. The molecule has 0 saturated heterocycles. The normalized spacial score (nSPS) is 10.3. The van der Waals surface area contributed by atoms with Gasteiger partial charge in [0.2, 0.25) is 0 Å². The van der Waals surface area contributed by atoms with Gasteiger partial charge in [0.25, 0.3) is 5.91 Å². The number of benzene rings is 1. The van der Waals surface area contributed by atoms with Gasteiger partial charge in [0.05, 0.1) is 10.6 Å². The number of phenols is 1. The van der Waals surface area contributed by atoms with Crippen molar-refractivity contribution in [3.8, 4) is 5.75 Å². The van der Waals surface area contributed by atoms with E-state index in [0.29, 0.717) is 11.3 Å². The number of aromatic nitrogens is 1. The number of aryl methyl sites for hydroxylation is 1. The van der Waals surface area contributed by atoms with Gasteiger partial charge >= 0.3 is 0 Å². The zero-order valence-electron chi connectivity index (χ0n) is 9.95. The van der Waals surface area contributed by atoms with Crippen molar-refractivity contribution < 1.29 is 9.90 Å². The van der Waals surface area contributed by atoms with E-state index in [2.05, 4.69) is 10.3 Å². The lowest BCUT2D eigenvalue weighted by Crippen LogP contribution is -2.13. The minimum Gasteiger partial charge on any atom is -0.508 e. The molecule has 0 radical (unpaired) electrons. The maximum atomic E-state index is 12.0. The first-order valence-corrected chi connectivity index (χ1v) is 6.15. The molecule has 1 aromatic carbocycles. The zero-order valence-corrected chi connectivity index (χ0v) is 11.5. The van der Waals surface area contributed by atoms with Crippen molar-refractivity contribution in [3.05, 3.63) is 51.8 Å². The smallest absolute Gasteiger partial charge is 0.257 e. The number of amides is 1. The van der Waals surface area contributed by atoms with E-state index in [9.17, 15) is 9.90 Å². The minimum atomic E-state index is -0.347. The number of halogens is 2. The first kappa shape index (κ1) is 13.6. The highest BCUT2D eigenvalue weighted by Gasteiger charge is 2.10. The molecule has 0 atom stereocenters. The highest BCUT2D eigenvalue weighted by atomic mass is 35.5. The molecule has 0 spiro atoms. The van der Waals surface area contributed by atoms with Crippen LogP contribution in [0.15, 0.2) is 30.5 Å². The molecule has 6 heteroatoms. The van der Waals surface area contributed by atoms with Gasteiger partial charge < -0.3 is 10.4 Å². The summed E-state index contributed by atoms with van der Waals surface area (Å²) in [6, 6.07) is 6.12. The zero-order chi connectivity index (χ0) is 14.0. The van der Waals surface area contributed by atoms with Gasteiger partial charge in [-0.1, -0.05) is 23.2 Å². The fourth-order valence-corrected chi connectivity index (χ4v) is 1.80. The summed E-state index contributed by atoms with van der Waals surface area (Å²) >= 11 is 11.5. The topological polar surface area (TPSA) is 62.2 Å². The highest BCUT2D eigenvalue weighted by molar-refractivity contribution is 6.41. The predicted molar refractivity (Wildman–Crippen MR) is 75.1 cm³/mol. The lowest BCUT2D eigenvalue weighted by molar-refractivity contribution is 0.102. The van der Waals surface area contributed by atoms with Gasteiger partial charge in [0.1, 0.15) is 10.9 Å². The Morgan fingerprint density at radius 3 is 2.68 bits per heavy atom. The first-order valence-electron chi connectivity index (χ1n) is 5.39. The second-order valence-electron chi connectivity index (χ2n) is 3.95. The Hall–Kier alpha value is -1.78. The second kappa shape index (κ2) is 5.47. The fourth-order valence-electron chi connectivity index (χ4n) is 1.53. The average Bonchev–Trinajstić information content (AvgIpc) is 2.36. The molecule has 98 valence electrons. The Labute approximate surface area is 120 Å². The van der Waals surface area contributed by atoms with Crippen molar-refractivity contribution in [1.29, 1.82) is 0 Å².